The molecule has 10 nitrogen and oxygen atoms in total. The average Bonchev–Trinajstić information content (AvgIpc) is 3.45. The van der Waals surface area contributed by atoms with Gasteiger partial charge in [0.2, 0.25) is 0 Å². The first-order valence-electron chi connectivity index (χ1n) is 13.5. The third-order valence-corrected chi connectivity index (χ3v) is 7.09. The summed E-state index contributed by atoms with van der Waals surface area (Å²) in [6, 6.07) is 0. The first-order chi connectivity index (χ1) is 17.2. The molecule has 1 radical (unpaired) electrons. The third kappa shape index (κ3) is 15.0. The minimum absolute atomic E-state index is 0. The molecule has 3 unspecified atom stereocenters. The molecule has 0 heterocycles. The van der Waals surface area contributed by atoms with Crippen LogP contribution in [0, 0.1) is 23.7 Å². The molecule has 0 bridgehead atoms. The minimum Gasteiger partial charge on any atom is -0.671 e. The van der Waals surface area contributed by atoms with Crippen molar-refractivity contribution in [2.45, 2.75) is 105 Å². The number of aliphatic hydroxyl groups excluding tert-OH is 1. The number of aliphatic hydroxyl groups is 1. The number of hydrazine groups is 1. The second-order valence-corrected chi connectivity index (χ2v) is 11.7. The van der Waals surface area contributed by atoms with E-state index in [0.717, 1.165) is 50.1 Å². The molecule has 1 saturated carbocycles. The molecule has 2 amide bonds. The molecule has 3 atom stereocenters. The van der Waals surface area contributed by atoms with E-state index in [4.69, 9.17) is 37.3 Å². The van der Waals surface area contributed by atoms with Gasteiger partial charge >= 0.3 is 6.09 Å². The zero-order valence-corrected chi connectivity index (χ0v) is 27.6. The van der Waals surface area contributed by atoms with Gasteiger partial charge in [0, 0.05) is 63.7 Å². The van der Waals surface area contributed by atoms with Gasteiger partial charge in [0.05, 0.1) is 17.7 Å². The Morgan fingerprint density at radius 2 is 1.71 bits per heavy atom. The molecule has 0 aromatic heterocycles. The van der Waals surface area contributed by atoms with Crippen LogP contribution in [0.2, 0.25) is 0 Å². The smallest absolute Gasteiger partial charge is 0.404 e. The van der Waals surface area contributed by atoms with Gasteiger partial charge in [-0.2, -0.15) is 0 Å². The number of primary amides is 1. The fourth-order valence-electron chi connectivity index (χ4n) is 4.84. The third-order valence-electron chi connectivity index (χ3n) is 7.09. The number of amides is 2. The second-order valence-electron chi connectivity index (χ2n) is 11.7. The summed E-state index contributed by atoms with van der Waals surface area (Å²) in [5.41, 5.74) is 18.4. The molecule has 0 aliphatic heterocycles. The fourth-order valence-corrected chi connectivity index (χ4v) is 4.84. The maximum absolute atomic E-state index is 10.8. The normalized spacial score (nSPS) is 22.6. The van der Waals surface area contributed by atoms with E-state index in [1.165, 1.54) is 6.42 Å². The zero-order chi connectivity index (χ0) is 28.8. The first-order valence-corrected chi connectivity index (χ1v) is 13.5. The van der Waals surface area contributed by atoms with Crippen molar-refractivity contribution in [2.75, 3.05) is 19.8 Å². The van der Waals surface area contributed by atoms with Crippen molar-refractivity contribution in [3.05, 3.63) is 17.1 Å². The number of nitrogens with two attached hydrogens (primary N) is 3. The molecule has 0 spiro atoms. The number of ether oxygens (including phenoxy) is 2. The summed E-state index contributed by atoms with van der Waals surface area (Å²) in [7, 11) is 0. The Labute approximate surface area is 255 Å². The van der Waals surface area contributed by atoms with E-state index in [1.807, 2.05) is 13.8 Å². The summed E-state index contributed by atoms with van der Waals surface area (Å²) in [5, 5.41) is 11.0. The average molecular weight is 618 g/mol. The van der Waals surface area contributed by atoms with E-state index < -0.39 is 6.09 Å². The van der Waals surface area contributed by atoms with Crippen molar-refractivity contribution >= 4 is 12.5 Å². The molecule has 2 aliphatic rings. The van der Waals surface area contributed by atoms with Crippen LogP contribution in [0.15, 0.2) is 11.4 Å². The van der Waals surface area contributed by atoms with E-state index in [0.29, 0.717) is 36.7 Å². The quantitative estimate of drug-likeness (QED) is 0.149. The van der Waals surface area contributed by atoms with Crippen LogP contribution >= 0.6 is 0 Å². The maximum atomic E-state index is 10.8. The number of hydrogen-bond acceptors (Lipinski definition) is 8. The van der Waals surface area contributed by atoms with Crippen molar-refractivity contribution in [1.82, 2.24) is 5.01 Å². The van der Waals surface area contributed by atoms with Crippen molar-refractivity contribution in [3.8, 4) is 0 Å². The van der Waals surface area contributed by atoms with Crippen LogP contribution in [0.4, 0.5) is 4.79 Å². The van der Waals surface area contributed by atoms with Gasteiger partial charge in [0.25, 0.3) is 0 Å². The number of hydrogen-bond donors (Lipinski definition) is 4. The molecule has 1 fully saturated rings. The van der Waals surface area contributed by atoms with Gasteiger partial charge in [-0.05, 0) is 89.9 Å². The summed E-state index contributed by atoms with van der Waals surface area (Å²) in [6.45, 7) is 16.3. The maximum Gasteiger partial charge on any atom is 0.404 e. The Balaban J connectivity index is 0. The molecule has 221 valence electrons. The Hall–Kier alpha value is -0.936. The number of nitrogens with zero attached hydrogens (tertiary/aromatic N) is 1. The predicted octanol–water partition coefficient (Wildman–Crippen LogP) is 4.46. The van der Waals surface area contributed by atoms with E-state index in [1.54, 1.807) is 5.01 Å². The number of allylic oxidation sites excluding steroid dienone is 2. The van der Waals surface area contributed by atoms with Gasteiger partial charge in [0.15, 0.2) is 0 Å². The van der Waals surface area contributed by atoms with Gasteiger partial charge in [-0.3, -0.25) is 0 Å². The Morgan fingerprint density at radius 3 is 2.16 bits per heavy atom. The van der Waals surface area contributed by atoms with Gasteiger partial charge in [0.1, 0.15) is 0 Å². The van der Waals surface area contributed by atoms with Gasteiger partial charge in [-0.25, -0.2) is 10.6 Å². The molecule has 38 heavy (non-hydrogen) atoms. The molecule has 2 aliphatic carbocycles. The first kappa shape index (κ1) is 39.2. The van der Waals surface area contributed by atoms with Crippen molar-refractivity contribution in [2.24, 2.45) is 41.0 Å². The zero-order valence-electron chi connectivity index (χ0n) is 24.8. The molecule has 8 N–H and O–H groups in total. The van der Waals surface area contributed by atoms with Gasteiger partial charge < -0.3 is 41.6 Å². The molecule has 11 heteroatoms. The van der Waals surface area contributed by atoms with E-state index in [-0.39, 0.29) is 56.9 Å². The second kappa shape index (κ2) is 19.2. The fraction of sp³-hybridized carbons (Fsp3) is 0.852. The SMILES string of the molecule is CC(C)(CCO)N(N)/C1=C(\N)CCC2C(CC1)C2COC(N)=O.CCCC(C)(C)OCC(C)C.[NH-]C=O.[Y]. The molecule has 0 saturated heterocycles. The molecule has 0 aromatic carbocycles. The summed E-state index contributed by atoms with van der Waals surface area (Å²) < 4.78 is 10.7. The largest absolute Gasteiger partial charge is 0.671 e. The monoisotopic (exact) mass is 617 g/mol. The number of rotatable bonds is 11. The summed E-state index contributed by atoms with van der Waals surface area (Å²) in [4.78, 5) is 19.2. The predicted molar refractivity (Wildman–Crippen MR) is 148 cm³/mol. The standard InChI is InChI=1S/C16H30N4O3.C10H22O.CH3NO.Y/c1-16(2,7-8-21)20(19)14-6-4-11-10(3-5-13(14)17)12(11)9-23-15(18)22;1-6-7-10(4,5)11-8-9(2)3;2-1-3;/h10-12,21H,3-9,17,19H2,1-2H3,(H2,18,22);9H,6-8H2,1-5H3;1H,(H2,2,3);/p-1/b14-13-;;;. The van der Waals surface area contributed by atoms with Crippen molar-refractivity contribution in [3.63, 3.8) is 0 Å². The summed E-state index contributed by atoms with van der Waals surface area (Å²) in [6.07, 6.45) is 5.81. The number of carbonyl (C=O) groups excluding carboxylic acids is 2. The van der Waals surface area contributed by atoms with E-state index >= 15 is 0 Å². The van der Waals surface area contributed by atoms with Crippen molar-refractivity contribution in [1.29, 1.82) is 0 Å². The van der Waals surface area contributed by atoms with Gasteiger partial charge in [-0.1, -0.05) is 27.2 Å². The topological polar surface area (TPSA) is 178 Å². The van der Waals surface area contributed by atoms with Crippen LogP contribution in [-0.2, 0) is 47.0 Å². The van der Waals surface area contributed by atoms with Crippen LogP contribution in [-0.4, -0.2) is 53.6 Å². The van der Waals surface area contributed by atoms with Crippen LogP contribution in [0.1, 0.15) is 93.4 Å². The number of nitrogens with one attached hydrogen (secondary N) is 1. The molecular weight excluding hydrogens is 563 g/mol. The molecule has 2 rings (SSSR count). The van der Waals surface area contributed by atoms with E-state index in [2.05, 4.69) is 34.6 Å². The summed E-state index contributed by atoms with van der Waals surface area (Å²) in [5.74, 6) is 8.46. The van der Waals surface area contributed by atoms with Crippen LogP contribution in [0.25, 0.3) is 5.73 Å². The molecule has 0 aromatic rings. The number of carbonyl (C=O) groups is 2. The van der Waals surface area contributed by atoms with Crippen LogP contribution in [0.3, 0.4) is 0 Å². The van der Waals surface area contributed by atoms with Crippen molar-refractivity contribution < 1.29 is 56.9 Å². The Bertz CT molecular complexity index is 718. The minimum atomic E-state index is -0.707. The summed E-state index contributed by atoms with van der Waals surface area (Å²) >= 11 is 0. The van der Waals surface area contributed by atoms with E-state index in [9.17, 15) is 9.90 Å². The number of fused-ring (bicyclic) bond motifs is 1. The Morgan fingerprint density at radius 1 is 1.18 bits per heavy atom. The van der Waals surface area contributed by atoms with Crippen LogP contribution < -0.4 is 17.3 Å². The molecular formula is C27H54N5O5Y-. The van der Waals surface area contributed by atoms with Gasteiger partial charge in [-0.15, -0.1) is 0 Å². The Kier molecular flexibility index (Phi) is 19.8. The van der Waals surface area contributed by atoms with Crippen LogP contribution in [0.5, 0.6) is 0 Å².